The van der Waals surface area contributed by atoms with Crippen molar-refractivity contribution in [1.29, 1.82) is 0 Å². The van der Waals surface area contributed by atoms with Gasteiger partial charge in [0, 0.05) is 16.0 Å². The molecule has 0 amide bonds. The Morgan fingerprint density at radius 3 is 1.47 bits per heavy atom. The van der Waals surface area contributed by atoms with E-state index in [2.05, 4.69) is 47.5 Å². The molecule has 0 atom stereocenters. The molecule has 3 aromatic rings. The van der Waals surface area contributed by atoms with Gasteiger partial charge in [0.15, 0.2) is 0 Å². The first-order chi connectivity index (χ1) is 14.8. The van der Waals surface area contributed by atoms with Crippen LogP contribution in [-0.4, -0.2) is 12.5 Å². The lowest BCUT2D eigenvalue weighted by Gasteiger charge is -2.05. The van der Waals surface area contributed by atoms with E-state index >= 15 is 0 Å². The van der Waals surface area contributed by atoms with Gasteiger partial charge in [-0.1, -0.05) is 94.8 Å². The molecule has 0 spiro atoms. The van der Waals surface area contributed by atoms with Crippen LogP contribution >= 0.6 is 117 Å². The van der Waals surface area contributed by atoms with E-state index in [4.69, 9.17) is 0 Å². The summed E-state index contributed by atoms with van der Waals surface area (Å²) in [5, 5.41) is 8.65. The fourth-order valence-corrected chi connectivity index (χ4v) is 16.9. The lowest BCUT2D eigenvalue weighted by Crippen LogP contribution is -1.99. The smallest absolute Gasteiger partial charge is 0.0718 e. The Balaban J connectivity index is 1.37. The number of thioether (sulfide) groups is 8. The highest BCUT2D eigenvalue weighted by Crippen LogP contribution is 2.70. The van der Waals surface area contributed by atoms with E-state index in [0.29, 0.717) is 0 Å². The summed E-state index contributed by atoms with van der Waals surface area (Å²) in [6.45, 7) is 0. The van der Waals surface area contributed by atoms with Gasteiger partial charge in [0.05, 0.1) is 39.1 Å². The molecular formula is C20H12S10. The van der Waals surface area contributed by atoms with Crippen molar-refractivity contribution in [1.82, 2.24) is 0 Å². The average molecular weight is 573 g/mol. The molecule has 3 aliphatic rings. The quantitative estimate of drug-likeness (QED) is 0.294. The van der Waals surface area contributed by atoms with Crippen LogP contribution in [0.4, 0.5) is 0 Å². The SMILES string of the molecule is CSC1=C(SC)SC(=C2SC3=C(S2)SC(=c2c4cccsc4c4scccc24)S3)S1. The molecule has 30 heavy (non-hydrogen) atoms. The molecule has 2 aromatic heterocycles. The average Bonchev–Trinajstić information content (AvgIpc) is 3.52. The highest BCUT2D eigenvalue weighted by atomic mass is 32.3. The second-order valence-corrected chi connectivity index (χ2v) is 17.5. The monoisotopic (exact) mass is 572 g/mol. The van der Waals surface area contributed by atoms with Gasteiger partial charge in [-0.15, -0.1) is 46.2 Å². The van der Waals surface area contributed by atoms with Crippen LogP contribution in [0.2, 0.25) is 0 Å². The van der Waals surface area contributed by atoms with Gasteiger partial charge in [0.1, 0.15) is 0 Å². The van der Waals surface area contributed by atoms with Gasteiger partial charge in [-0.2, -0.15) is 0 Å². The second kappa shape index (κ2) is 8.92. The topological polar surface area (TPSA) is 0 Å². The standard InChI is InChI=1S/C20H12S10/c1-21-15-16(22-2)28-19(27-15)20-29-17-18(30-20)26-14(25-17)11-9-5-3-7-23-12(9)13-10(11)6-4-8-24-13/h3-8H,1-2H3. The number of hydrogen-bond acceptors (Lipinski definition) is 10. The maximum atomic E-state index is 2.30. The zero-order valence-corrected chi connectivity index (χ0v) is 23.7. The molecule has 0 saturated heterocycles. The fraction of sp³-hybridized carbons (Fsp3) is 0.100. The first kappa shape index (κ1) is 21.4. The second-order valence-electron chi connectivity index (χ2n) is 6.12. The lowest BCUT2D eigenvalue weighted by atomic mass is 10.3. The van der Waals surface area contributed by atoms with Crippen molar-refractivity contribution in [3.63, 3.8) is 0 Å². The lowest BCUT2D eigenvalue weighted by molar-refractivity contribution is 1.89. The summed E-state index contributed by atoms with van der Waals surface area (Å²) < 4.78 is 13.1. The van der Waals surface area contributed by atoms with Gasteiger partial charge in [-0.05, 0) is 23.3 Å². The van der Waals surface area contributed by atoms with Crippen LogP contribution in [0.15, 0.2) is 60.4 Å². The van der Waals surface area contributed by atoms with E-state index in [9.17, 15) is 0 Å². The van der Waals surface area contributed by atoms with Gasteiger partial charge >= 0.3 is 0 Å². The van der Waals surface area contributed by atoms with Crippen molar-refractivity contribution in [2.75, 3.05) is 12.5 Å². The van der Waals surface area contributed by atoms with E-state index in [0.717, 1.165) is 0 Å². The maximum absolute atomic E-state index is 2.30. The minimum Gasteiger partial charge on any atom is -0.142 e. The summed E-state index contributed by atoms with van der Waals surface area (Å²) in [5.74, 6) is 0. The Hall–Kier alpha value is 0.900. The highest BCUT2D eigenvalue weighted by Gasteiger charge is 2.35. The predicted octanol–water partition coefficient (Wildman–Crippen LogP) is 10.0. The summed E-state index contributed by atoms with van der Waals surface area (Å²) in [7, 11) is 0. The maximum Gasteiger partial charge on any atom is 0.0718 e. The van der Waals surface area contributed by atoms with Crippen LogP contribution in [0.1, 0.15) is 0 Å². The summed E-state index contributed by atoms with van der Waals surface area (Å²) in [4.78, 5) is 0. The molecule has 0 unspecified atom stereocenters. The molecule has 0 aliphatic carbocycles. The van der Waals surface area contributed by atoms with Crippen LogP contribution in [0, 0.1) is 0 Å². The Morgan fingerprint density at radius 1 is 0.567 bits per heavy atom. The summed E-state index contributed by atoms with van der Waals surface area (Å²) in [6.07, 6.45) is 4.37. The zero-order chi connectivity index (χ0) is 20.2. The first-order valence-corrected chi connectivity index (χ1v) is 17.8. The van der Waals surface area contributed by atoms with Crippen LogP contribution in [0.5, 0.6) is 0 Å². The molecule has 0 bridgehead atoms. The fourth-order valence-electron chi connectivity index (χ4n) is 3.25. The molecular weight excluding hydrogens is 561 g/mol. The van der Waals surface area contributed by atoms with Gasteiger partial charge in [-0.3, -0.25) is 0 Å². The minimum absolute atomic E-state index is 1.41. The Kier molecular flexibility index (Phi) is 6.38. The van der Waals surface area contributed by atoms with Gasteiger partial charge in [0.2, 0.25) is 0 Å². The van der Waals surface area contributed by atoms with Crippen molar-refractivity contribution < 1.29 is 0 Å². The normalized spacial score (nSPS) is 19.3. The van der Waals surface area contributed by atoms with Crippen molar-refractivity contribution in [3.05, 3.63) is 65.7 Å². The van der Waals surface area contributed by atoms with E-state index in [1.54, 1.807) is 0 Å². The Morgan fingerprint density at radius 2 is 1.00 bits per heavy atom. The highest BCUT2D eigenvalue weighted by molar-refractivity contribution is 8.52. The molecule has 0 fully saturated rings. The third-order valence-electron chi connectivity index (χ3n) is 4.48. The van der Waals surface area contributed by atoms with Crippen molar-refractivity contribution in [2.24, 2.45) is 0 Å². The molecule has 3 aliphatic heterocycles. The van der Waals surface area contributed by atoms with Crippen molar-refractivity contribution >= 4 is 141 Å². The van der Waals surface area contributed by atoms with Crippen LogP contribution in [0.3, 0.4) is 0 Å². The largest absolute Gasteiger partial charge is 0.142 e. The minimum atomic E-state index is 1.41. The molecule has 10 heteroatoms. The van der Waals surface area contributed by atoms with Crippen molar-refractivity contribution in [2.45, 2.75) is 0 Å². The Bertz CT molecular complexity index is 1270. The van der Waals surface area contributed by atoms with Crippen LogP contribution in [0.25, 0.3) is 24.4 Å². The van der Waals surface area contributed by atoms with Gasteiger partial charge in [0.25, 0.3) is 0 Å². The molecule has 0 radical (unpaired) electrons. The van der Waals surface area contributed by atoms with E-state index in [-0.39, 0.29) is 0 Å². The number of hydrogen-bond donors (Lipinski definition) is 0. The zero-order valence-electron chi connectivity index (χ0n) is 15.5. The van der Waals surface area contributed by atoms with Crippen LogP contribution < -0.4 is 5.22 Å². The molecule has 5 heterocycles. The molecule has 6 rings (SSSR count). The Labute approximate surface area is 217 Å². The number of fused-ring (bicyclic) bond motifs is 3. The molecule has 0 nitrogen and oxygen atoms in total. The van der Waals surface area contributed by atoms with E-state index in [1.807, 2.05) is 117 Å². The van der Waals surface area contributed by atoms with Crippen LogP contribution in [-0.2, 0) is 0 Å². The number of rotatable bonds is 2. The predicted molar refractivity (Wildman–Crippen MR) is 158 cm³/mol. The van der Waals surface area contributed by atoms with E-state index < -0.39 is 0 Å². The van der Waals surface area contributed by atoms with Gasteiger partial charge in [-0.25, -0.2) is 0 Å². The third kappa shape index (κ3) is 3.61. The third-order valence-corrected chi connectivity index (χ3v) is 17.9. The summed E-state index contributed by atoms with van der Waals surface area (Å²) >= 11 is 19.3. The van der Waals surface area contributed by atoms with Crippen molar-refractivity contribution in [3.8, 4) is 0 Å². The van der Waals surface area contributed by atoms with Gasteiger partial charge < -0.3 is 0 Å². The molecule has 1 aromatic carbocycles. The van der Waals surface area contributed by atoms with E-state index in [1.165, 1.54) is 55.1 Å². The summed E-state index contributed by atoms with van der Waals surface area (Å²) in [5.41, 5.74) is 0. The molecule has 0 saturated carbocycles. The summed E-state index contributed by atoms with van der Waals surface area (Å²) in [6, 6.07) is 8.97. The molecule has 0 N–H and O–H groups in total. The molecule has 152 valence electrons. The first-order valence-electron chi connectivity index (χ1n) is 8.71.